The van der Waals surface area contributed by atoms with Gasteiger partial charge in [0.1, 0.15) is 11.6 Å². The number of esters is 1. The first kappa shape index (κ1) is 13.9. The summed E-state index contributed by atoms with van der Waals surface area (Å²) in [7, 11) is 0. The molecular weight excluding hydrogens is 246 g/mol. The van der Waals surface area contributed by atoms with Crippen LogP contribution in [0.2, 0.25) is 0 Å². The van der Waals surface area contributed by atoms with Gasteiger partial charge < -0.3 is 9.47 Å². The molecule has 2 aliphatic rings. The van der Waals surface area contributed by atoms with Crippen molar-refractivity contribution >= 4 is 12.1 Å². The van der Waals surface area contributed by atoms with Gasteiger partial charge in [-0.3, -0.25) is 4.90 Å². The van der Waals surface area contributed by atoms with Crippen molar-refractivity contribution in [3.63, 3.8) is 0 Å². The summed E-state index contributed by atoms with van der Waals surface area (Å²) in [6.07, 6.45) is 4.29. The van der Waals surface area contributed by atoms with Crippen LogP contribution in [0.5, 0.6) is 0 Å². The Balaban J connectivity index is 2.15. The van der Waals surface area contributed by atoms with Gasteiger partial charge in [-0.05, 0) is 34.1 Å². The molecule has 0 aromatic rings. The number of amides is 1. The van der Waals surface area contributed by atoms with E-state index in [1.807, 2.05) is 32.9 Å². The molecule has 0 unspecified atom stereocenters. The summed E-state index contributed by atoms with van der Waals surface area (Å²) < 4.78 is 10.4. The number of hydrogen-bond acceptors (Lipinski definition) is 4. The van der Waals surface area contributed by atoms with Gasteiger partial charge in [-0.15, -0.1) is 0 Å². The molecule has 1 aliphatic heterocycles. The highest BCUT2D eigenvalue weighted by Crippen LogP contribution is 2.38. The summed E-state index contributed by atoms with van der Waals surface area (Å²) in [5, 5.41) is 0. The van der Waals surface area contributed by atoms with E-state index < -0.39 is 17.7 Å². The molecule has 0 saturated carbocycles. The maximum absolute atomic E-state index is 12.2. The molecule has 0 N–H and O–H groups in total. The fourth-order valence-corrected chi connectivity index (χ4v) is 2.64. The molecule has 19 heavy (non-hydrogen) atoms. The Morgan fingerprint density at radius 3 is 2.58 bits per heavy atom. The molecule has 5 heteroatoms. The SMILES string of the molecule is CCOC(=O)[C@H]1[C@H]2C=C[C@H](C2)N1C(=O)OC(C)(C)C. The quantitative estimate of drug-likeness (QED) is 0.568. The van der Waals surface area contributed by atoms with Gasteiger partial charge in [0.2, 0.25) is 0 Å². The van der Waals surface area contributed by atoms with E-state index in [1.54, 1.807) is 6.92 Å². The van der Waals surface area contributed by atoms with Gasteiger partial charge in [0, 0.05) is 5.92 Å². The van der Waals surface area contributed by atoms with Crippen molar-refractivity contribution in [3.05, 3.63) is 12.2 Å². The monoisotopic (exact) mass is 267 g/mol. The van der Waals surface area contributed by atoms with Gasteiger partial charge in [-0.2, -0.15) is 0 Å². The molecule has 1 saturated heterocycles. The van der Waals surface area contributed by atoms with E-state index in [1.165, 1.54) is 4.90 Å². The number of rotatable bonds is 2. The Labute approximate surface area is 113 Å². The van der Waals surface area contributed by atoms with E-state index in [0.717, 1.165) is 6.42 Å². The van der Waals surface area contributed by atoms with Gasteiger partial charge in [0.25, 0.3) is 0 Å². The first-order chi connectivity index (χ1) is 8.83. The lowest BCUT2D eigenvalue weighted by Crippen LogP contribution is -2.49. The van der Waals surface area contributed by atoms with Crippen LogP contribution < -0.4 is 0 Å². The number of nitrogens with zero attached hydrogens (tertiary/aromatic N) is 1. The third kappa shape index (κ3) is 2.74. The lowest BCUT2D eigenvalue weighted by Gasteiger charge is -2.32. The molecule has 1 fully saturated rings. The molecule has 5 nitrogen and oxygen atoms in total. The molecule has 0 aromatic heterocycles. The summed E-state index contributed by atoms with van der Waals surface area (Å²) >= 11 is 0. The summed E-state index contributed by atoms with van der Waals surface area (Å²) in [4.78, 5) is 25.8. The van der Waals surface area contributed by atoms with Crippen LogP contribution in [0.3, 0.4) is 0 Å². The zero-order valence-electron chi connectivity index (χ0n) is 11.9. The first-order valence-corrected chi connectivity index (χ1v) is 6.69. The minimum atomic E-state index is -0.568. The predicted octanol–water partition coefficient (Wildman–Crippen LogP) is 2.11. The topological polar surface area (TPSA) is 55.8 Å². The van der Waals surface area contributed by atoms with Crippen molar-refractivity contribution in [2.24, 2.45) is 5.92 Å². The van der Waals surface area contributed by atoms with Gasteiger partial charge >= 0.3 is 12.1 Å². The maximum Gasteiger partial charge on any atom is 0.411 e. The highest BCUT2D eigenvalue weighted by Gasteiger charge is 2.50. The molecule has 1 aliphatic carbocycles. The lowest BCUT2D eigenvalue weighted by molar-refractivity contribution is -0.149. The van der Waals surface area contributed by atoms with E-state index in [9.17, 15) is 9.59 Å². The van der Waals surface area contributed by atoms with Crippen molar-refractivity contribution in [2.45, 2.75) is 51.8 Å². The van der Waals surface area contributed by atoms with E-state index >= 15 is 0 Å². The molecule has 0 spiro atoms. The Kier molecular flexibility index (Phi) is 3.56. The van der Waals surface area contributed by atoms with Crippen LogP contribution >= 0.6 is 0 Å². The average Bonchev–Trinajstić information content (AvgIpc) is 2.85. The first-order valence-electron chi connectivity index (χ1n) is 6.69. The molecule has 3 atom stereocenters. The zero-order valence-corrected chi connectivity index (χ0v) is 11.9. The number of fused-ring (bicyclic) bond motifs is 2. The number of hydrogen-bond donors (Lipinski definition) is 0. The summed E-state index contributed by atoms with van der Waals surface area (Å²) in [5.74, 6) is -0.290. The largest absolute Gasteiger partial charge is 0.464 e. The zero-order chi connectivity index (χ0) is 14.2. The lowest BCUT2D eigenvalue weighted by atomic mass is 10.0. The fraction of sp³-hybridized carbons (Fsp3) is 0.714. The second-order valence-corrected chi connectivity index (χ2v) is 5.94. The van der Waals surface area contributed by atoms with E-state index in [4.69, 9.17) is 9.47 Å². The highest BCUT2D eigenvalue weighted by atomic mass is 16.6. The maximum atomic E-state index is 12.2. The van der Waals surface area contributed by atoms with Crippen LogP contribution in [0, 0.1) is 5.92 Å². The molecule has 0 aromatic carbocycles. The van der Waals surface area contributed by atoms with Crippen molar-refractivity contribution < 1.29 is 19.1 Å². The Morgan fingerprint density at radius 2 is 2.00 bits per heavy atom. The van der Waals surface area contributed by atoms with Crippen LogP contribution in [0.25, 0.3) is 0 Å². The summed E-state index contributed by atoms with van der Waals surface area (Å²) in [5.41, 5.74) is -0.568. The molecule has 0 radical (unpaired) electrons. The standard InChI is InChI=1S/C14H21NO4/c1-5-18-12(16)11-9-6-7-10(8-9)15(11)13(17)19-14(2,3)4/h6-7,9-11H,5,8H2,1-4H3/t9-,10+,11+/m0/s1. The van der Waals surface area contributed by atoms with Gasteiger partial charge in [-0.25, -0.2) is 9.59 Å². The number of carbonyl (C=O) groups excluding carboxylic acids is 2. The number of likely N-dealkylation sites (tertiary alicyclic amines) is 1. The Hall–Kier alpha value is -1.52. The van der Waals surface area contributed by atoms with Gasteiger partial charge in [0.15, 0.2) is 0 Å². The molecule has 2 rings (SSSR count). The molecular formula is C14H21NO4. The number of ether oxygens (including phenoxy) is 2. The molecule has 106 valence electrons. The molecule has 2 bridgehead atoms. The van der Waals surface area contributed by atoms with E-state index in [0.29, 0.717) is 6.61 Å². The van der Waals surface area contributed by atoms with Crippen LogP contribution in [-0.2, 0) is 14.3 Å². The predicted molar refractivity (Wildman–Crippen MR) is 69.5 cm³/mol. The van der Waals surface area contributed by atoms with E-state index in [-0.39, 0.29) is 17.9 Å². The van der Waals surface area contributed by atoms with Crippen LogP contribution in [-0.4, -0.2) is 41.3 Å². The molecule has 1 amide bonds. The van der Waals surface area contributed by atoms with Crippen molar-refractivity contribution in [3.8, 4) is 0 Å². The third-order valence-electron chi connectivity index (χ3n) is 3.29. The number of carbonyl (C=O) groups is 2. The Morgan fingerprint density at radius 1 is 1.32 bits per heavy atom. The van der Waals surface area contributed by atoms with Crippen LogP contribution in [0.15, 0.2) is 12.2 Å². The van der Waals surface area contributed by atoms with Crippen molar-refractivity contribution in [1.29, 1.82) is 0 Å². The minimum Gasteiger partial charge on any atom is -0.464 e. The minimum absolute atomic E-state index is 0.0470. The normalized spacial score (nSPS) is 28.6. The summed E-state index contributed by atoms with van der Waals surface area (Å²) in [6, 6.07) is -0.584. The van der Waals surface area contributed by atoms with Gasteiger partial charge in [0.05, 0.1) is 12.6 Å². The van der Waals surface area contributed by atoms with Crippen LogP contribution in [0.1, 0.15) is 34.1 Å². The third-order valence-corrected chi connectivity index (χ3v) is 3.29. The smallest absolute Gasteiger partial charge is 0.411 e. The second-order valence-electron chi connectivity index (χ2n) is 5.94. The highest BCUT2D eigenvalue weighted by molar-refractivity contribution is 5.84. The Bertz CT molecular complexity index is 410. The van der Waals surface area contributed by atoms with Crippen molar-refractivity contribution in [2.75, 3.05) is 6.61 Å². The summed E-state index contributed by atoms with van der Waals surface area (Å²) in [6.45, 7) is 7.52. The van der Waals surface area contributed by atoms with Crippen molar-refractivity contribution in [1.82, 2.24) is 4.90 Å². The molecule has 1 heterocycles. The van der Waals surface area contributed by atoms with Gasteiger partial charge in [-0.1, -0.05) is 12.2 Å². The fourth-order valence-electron chi connectivity index (χ4n) is 2.64. The average molecular weight is 267 g/mol. The van der Waals surface area contributed by atoms with E-state index in [2.05, 4.69) is 0 Å². The second kappa shape index (κ2) is 4.87. The van der Waals surface area contributed by atoms with Crippen LogP contribution in [0.4, 0.5) is 4.79 Å².